The normalized spacial score (nSPS) is 14.3. The first-order valence-electron chi connectivity index (χ1n) is 10.7. The topological polar surface area (TPSA) is 66.9 Å². The Morgan fingerprint density at radius 2 is 2.03 bits per heavy atom. The number of nitrogens with zero attached hydrogens (tertiary/aromatic N) is 3. The van der Waals surface area contributed by atoms with Gasteiger partial charge in [-0.25, -0.2) is 0 Å². The lowest BCUT2D eigenvalue weighted by Gasteiger charge is -2.28. The average Bonchev–Trinajstić information content (AvgIpc) is 2.80. The van der Waals surface area contributed by atoms with Crippen molar-refractivity contribution >= 4 is 23.2 Å². The molecule has 7 nitrogen and oxygen atoms in total. The molecular formula is C23H31ClN4O3. The molecule has 0 atom stereocenters. The first-order chi connectivity index (χ1) is 15.2. The second kappa shape index (κ2) is 12.5. The van der Waals surface area contributed by atoms with Crippen LogP contribution in [0.2, 0.25) is 5.02 Å². The molecule has 1 saturated heterocycles. The first-order valence-corrected chi connectivity index (χ1v) is 11.1. The second-order valence-corrected chi connectivity index (χ2v) is 7.94. The lowest BCUT2D eigenvalue weighted by Crippen LogP contribution is -2.39. The van der Waals surface area contributed by atoms with Gasteiger partial charge in [0.1, 0.15) is 5.75 Å². The van der Waals surface area contributed by atoms with Crippen LogP contribution in [0.1, 0.15) is 18.4 Å². The molecule has 1 fully saturated rings. The summed E-state index contributed by atoms with van der Waals surface area (Å²) in [6.07, 6.45) is 4.85. The van der Waals surface area contributed by atoms with Crippen molar-refractivity contribution in [2.45, 2.75) is 19.4 Å². The van der Waals surface area contributed by atoms with Gasteiger partial charge in [-0.2, -0.15) is 0 Å². The number of benzene rings is 1. The minimum Gasteiger partial charge on any atom is -0.495 e. The van der Waals surface area contributed by atoms with Crippen molar-refractivity contribution in [1.29, 1.82) is 0 Å². The molecule has 0 radical (unpaired) electrons. The van der Waals surface area contributed by atoms with Crippen LogP contribution in [0.3, 0.4) is 0 Å². The van der Waals surface area contributed by atoms with Crippen molar-refractivity contribution in [2.24, 2.45) is 0 Å². The summed E-state index contributed by atoms with van der Waals surface area (Å²) >= 11 is 6.09. The largest absolute Gasteiger partial charge is 0.495 e. The van der Waals surface area contributed by atoms with Gasteiger partial charge in [0.05, 0.1) is 26.0 Å². The maximum Gasteiger partial charge on any atom is 0.224 e. The fourth-order valence-corrected chi connectivity index (χ4v) is 3.76. The summed E-state index contributed by atoms with van der Waals surface area (Å²) in [4.78, 5) is 21.4. The Kier molecular flexibility index (Phi) is 9.39. The standard InChI is InChI=1S/C23H31ClN4O3/c1-30-22-4-3-20(24)17-21(22)26-10-7-23(29)28(18-19-5-8-25-9-6-19)12-2-11-27-13-15-31-16-14-27/h3-6,8-9,17,26H,2,7,10-16,18H2,1H3. The fraction of sp³-hybridized carbons (Fsp3) is 0.478. The van der Waals surface area contributed by atoms with Crippen LogP contribution in [0.4, 0.5) is 5.69 Å². The van der Waals surface area contributed by atoms with E-state index in [0.717, 1.165) is 57.1 Å². The van der Waals surface area contributed by atoms with Gasteiger partial charge in [0.25, 0.3) is 0 Å². The Balaban J connectivity index is 1.54. The van der Waals surface area contributed by atoms with E-state index < -0.39 is 0 Å². The van der Waals surface area contributed by atoms with Crippen molar-refractivity contribution in [3.8, 4) is 5.75 Å². The summed E-state index contributed by atoms with van der Waals surface area (Å²) in [6.45, 7) is 6.29. The van der Waals surface area contributed by atoms with Crippen LogP contribution in [0.5, 0.6) is 5.75 Å². The number of amides is 1. The number of halogens is 1. The zero-order chi connectivity index (χ0) is 21.9. The number of carbonyl (C=O) groups excluding carboxylic acids is 1. The van der Waals surface area contributed by atoms with Crippen LogP contribution < -0.4 is 10.1 Å². The fourth-order valence-electron chi connectivity index (χ4n) is 3.59. The van der Waals surface area contributed by atoms with Crippen molar-refractivity contribution in [1.82, 2.24) is 14.8 Å². The van der Waals surface area contributed by atoms with Crippen LogP contribution in [0.25, 0.3) is 0 Å². The third kappa shape index (κ3) is 7.69. The third-order valence-electron chi connectivity index (χ3n) is 5.30. The van der Waals surface area contributed by atoms with Crippen LogP contribution in [0.15, 0.2) is 42.7 Å². The molecule has 0 spiro atoms. The van der Waals surface area contributed by atoms with Gasteiger partial charge in [0.15, 0.2) is 0 Å². The van der Waals surface area contributed by atoms with E-state index in [2.05, 4.69) is 15.2 Å². The number of hydrogen-bond donors (Lipinski definition) is 1. The molecule has 0 bridgehead atoms. The molecule has 1 aromatic carbocycles. The first kappa shape index (κ1) is 23.3. The molecule has 1 aromatic heterocycles. The highest BCUT2D eigenvalue weighted by Gasteiger charge is 2.16. The average molecular weight is 447 g/mol. The number of rotatable bonds is 11. The molecule has 8 heteroatoms. The van der Waals surface area contributed by atoms with Gasteiger partial charge >= 0.3 is 0 Å². The molecule has 0 aliphatic carbocycles. The summed E-state index contributed by atoms with van der Waals surface area (Å²) in [5.41, 5.74) is 1.87. The quantitative estimate of drug-likeness (QED) is 0.571. The zero-order valence-electron chi connectivity index (χ0n) is 18.1. The highest BCUT2D eigenvalue weighted by atomic mass is 35.5. The van der Waals surface area contributed by atoms with E-state index >= 15 is 0 Å². The summed E-state index contributed by atoms with van der Waals surface area (Å²) in [7, 11) is 1.62. The number of methoxy groups -OCH3 is 1. The molecule has 168 valence electrons. The van der Waals surface area contributed by atoms with Gasteiger partial charge in [-0.1, -0.05) is 11.6 Å². The van der Waals surface area contributed by atoms with Crippen molar-refractivity contribution in [3.05, 3.63) is 53.3 Å². The van der Waals surface area contributed by atoms with Gasteiger partial charge in [-0.05, 0) is 42.3 Å². The Morgan fingerprint density at radius 1 is 1.26 bits per heavy atom. The number of carbonyl (C=O) groups is 1. The number of aromatic nitrogens is 1. The predicted octanol–water partition coefficient (Wildman–Crippen LogP) is 3.30. The Bertz CT molecular complexity index is 816. The van der Waals surface area contributed by atoms with Crippen molar-refractivity contribution in [2.75, 3.05) is 58.4 Å². The van der Waals surface area contributed by atoms with E-state index in [0.29, 0.717) is 30.3 Å². The molecule has 0 saturated carbocycles. The molecule has 1 aliphatic heterocycles. The molecule has 1 aliphatic rings. The van der Waals surface area contributed by atoms with Crippen LogP contribution >= 0.6 is 11.6 Å². The van der Waals surface area contributed by atoms with Gasteiger partial charge in [0.2, 0.25) is 5.91 Å². The maximum atomic E-state index is 13.0. The summed E-state index contributed by atoms with van der Waals surface area (Å²) in [5.74, 6) is 0.822. The number of anilines is 1. The van der Waals surface area contributed by atoms with Crippen LogP contribution in [-0.4, -0.2) is 73.7 Å². The highest BCUT2D eigenvalue weighted by molar-refractivity contribution is 6.30. The second-order valence-electron chi connectivity index (χ2n) is 7.50. The summed E-state index contributed by atoms with van der Waals surface area (Å²) < 4.78 is 10.8. The van der Waals surface area contributed by atoms with E-state index in [1.807, 2.05) is 29.2 Å². The SMILES string of the molecule is COc1ccc(Cl)cc1NCCC(=O)N(CCCN1CCOCC1)Cc1ccncc1. The molecular weight excluding hydrogens is 416 g/mol. The third-order valence-corrected chi connectivity index (χ3v) is 5.53. The molecule has 2 aromatic rings. The van der Waals surface area contributed by atoms with E-state index in [1.54, 1.807) is 25.6 Å². The predicted molar refractivity (Wildman–Crippen MR) is 123 cm³/mol. The van der Waals surface area contributed by atoms with E-state index in [-0.39, 0.29) is 5.91 Å². The van der Waals surface area contributed by atoms with Crippen molar-refractivity contribution < 1.29 is 14.3 Å². The van der Waals surface area contributed by atoms with E-state index in [1.165, 1.54) is 0 Å². The van der Waals surface area contributed by atoms with Gasteiger partial charge in [0, 0.05) is 63.1 Å². The van der Waals surface area contributed by atoms with E-state index in [4.69, 9.17) is 21.1 Å². The molecule has 3 rings (SSSR count). The maximum absolute atomic E-state index is 13.0. The molecule has 1 amide bonds. The minimum absolute atomic E-state index is 0.118. The highest BCUT2D eigenvalue weighted by Crippen LogP contribution is 2.27. The smallest absolute Gasteiger partial charge is 0.224 e. The Labute approximate surface area is 189 Å². The molecule has 31 heavy (non-hydrogen) atoms. The number of nitrogens with one attached hydrogen (secondary N) is 1. The summed E-state index contributed by atoms with van der Waals surface area (Å²) in [5, 5.41) is 3.90. The molecule has 1 N–H and O–H groups in total. The number of pyridine rings is 1. The number of ether oxygens (including phenoxy) is 2. The Morgan fingerprint density at radius 3 is 2.77 bits per heavy atom. The Hall–Kier alpha value is -2.35. The van der Waals surface area contributed by atoms with Gasteiger partial charge in [-0.3, -0.25) is 14.7 Å². The lowest BCUT2D eigenvalue weighted by atomic mass is 10.2. The van der Waals surface area contributed by atoms with Gasteiger partial charge < -0.3 is 19.7 Å². The lowest BCUT2D eigenvalue weighted by molar-refractivity contribution is -0.131. The van der Waals surface area contributed by atoms with E-state index in [9.17, 15) is 4.79 Å². The minimum atomic E-state index is 0.118. The monoisotopic (exact) mass is 446 g/mol. The number of hydrogen-bond acceptors (Lipinski definition) is 6. The summed E-state index contributed by atoms with van der Waals surface area (Å²) in [6, 6.07) is 9.31. The van der Waals surface area contributed by atoms with Gasteiger partial charge in [-0.15, -0.1) is 0 Å². The van der Waals surface area contributed by atoms with Crippen molar-refractivity contribution in [3.63, 3.8) is 0 Å². The molecule has 2 heterocycles. The molecule has 0 unspecified atom stereocenters. The zero-order valence-corrected chi connectivity index (χ0v) is 18.8. The van der Waals surface area contributed by atoms with Crippen LogP contribution in [0, 0.1) is 0 Å². The number of morpholine rings is 1. The van der Waals surface area contributed by atoms with Crippen LogP contribution in [-0.2, 0) is 16.1 Å².